The van der Waals surface area contributed by atoms with Gasteiger partial charge in [0.15, 0.2) is 0 Å². The number of para-hydroxylation sites is 5. The third-order valence-corrected chi connectivity index (χ3v) is 17.8. The van der Waals surface area contributed by atoms with E-state index in [1.807, 2.05) is 0 Å². The summed E-state index contributed by atoms with van der Waals surface area (Å²) in [7, 11) is 0. The highest BCUT2D eigenvalue weighted by molar-refractivity contribution is 6.20. The van der Waals surface area contributed by atoms with Crippen molar-refractivity contribution in [3.05, 3.63) is 324 Å². The van der Waals surface area contributed by atoms with Gasteiger partial charge in [-0.2, -0.15) is 0 Å². The summed E-state index contributed by atoms with van der Waals surface area (Å²) in [5.41, 5.74) is 26.4. The van der Waals surface area contributed by atoms with Gasteiger partial charge in [-0.05, 0) is 159 Å². The number of hydrogen-bond acceptors (Lipinski definition) is 3. The highest BCUT2D eigenvalue weighted by atomic mass is 15.2. The summed E-state index contributed by atoms with van der Waals surface area (Å²) in [4.78, 5) is 7.52. The number of rotatable bonds is 8. The monoisotopic (exact) mass is 1040 g/mol. The van der Waals surface area contributed by atoms with E-state index in [1.54, 1.807) is 0 Å². The lowest BCUT2D eigenvalue weighted by Gasteiger charge is -2.46. The Hall–Kier alpha value is -10.2. The SMILES string of the molecule is Cc1cccc(N2c3cc(N(c4ccccc4)c4ccc5c(c4)C(C)(C)c4ccccc4-5)ccc3C3(c4ccccc4-c4ccccc43)c3ccc4c5cccc(N(c6ccccc6)c6ccccc6)c5n(-c5ccccc5)c4c32)c1. The molecule has 0 N–H and O–H groups in total. The fourth-order valence-corrected chi connectivity index (χ4v) is 14.4. The molecule has 13 aromatic rings. The van der Waals surface area contributed by atoms with Crippen LogP contribution in [-0.4, -0.2) is 4.57 Å². The van der Waals surface area contributed by atoms with Gasteiger partial charge in [-0.15, -0.1) is 0 Å². The molecule has 2 heterocycles. The molecule has 1 aliphatic heterocycles. The Labute approximate surface area is 473 Å². The van der Waals surface area contributed by atoms with Crippen LogP contribution in [0, 0.1) is 6.92 Å². The predicted octanol–water partition coefficient (Wildman–Crippen LogP) is 20.5. The lowest BCUT2D eigenvalue weighted by Crippen LogP contribution is -2.36. The molecule has 4 heteroatoms. The lowest BCUT2D eigenvalue weighted by atomic mass is 9.64. The Bertz CT molecular complexity index is 4550. The van der Waals surface area contributed by atoms with Crippen LogP contribution in [0.4, 0.5) is 51.2 Å². The van der Waals surface area contributed by atoms with E-state index in [1.165, 1.54) is 72.0 Å². The predicted molar refractivity (Wildman–Crippen MR) is 338 cm³/mol. The van der Waals surface area contributed by atoms with Crippen molar-refractivity contribution in [3.8, 4) is 27.9 Å². The number of benzene rings is 12. The maximum absolute atomic E-state index is 2.62. The van der Waals surface area contributed by atoms with Crippen LogP contribution in [0.1, 0.15) is 52.8 Å². The van der Waals surface area contributed by atoms with Gasteiger partial charge in [-0.25, -0.2) is 0 Å². The molecule has 0 saturated heterocycles. The number of aromatic nitrogens is 1. The molecular weight excluding hydrogens is 981 g/mol. The maximum atomic E-state index is 2.62. The van der Waals surface area contributed by atoms with E-state index in [-0.39, 0.29) is 5.41 Å². The second-order valence-corrected chi connectivity index (χ2v) is 22.5. The van der Waals surface area contributed by atoms with Gasteiger partial charge in [0.1, 0.15) is 0 Å². The van der Waals surface area contributed by atoms with Crippen molar-refractivity contribution in [1.82, 2.24) is 4.57 Å². The van der Waals surface area contributed by atoms with Crippen molar-refractivity contribution >= 4 is 73.0 Å². The smallest absolute Gasteiger partial charge is 0.0786 e. The van der Waals surface area contributed by atoms with Crippen LogP contribution in [0.3, 0.4) is 0 Å². The molecule has 4 nitrogen and oxygen atoms in total. The van der Waals surface area contributed by atoms with Gasteiger partial charge >= 0.3 is 0 Å². The van der Waals surface area contributed by atoms with Gasteiger partial charge < -0.3 is 19.3 Å². The molecule has 16 rings (SSSR count). The van der Waals surface area contributed by atoms with E-state index in [4.69, 9.17) is 0 Å². The molecule has 384 valence electrons. The highest BCUT2D eigenvalue weighted by Crippen LogP contribution is 2.66. The second kappa shape index (κ2) is 17.9. The van der Waals surface area contributed by atoms with E-state index in [0.29, 0.717) is 0 Å². The van der Waals surface area contributed by atoms with Crippen molar-refractivity contribution in [3.63, 3.8) is 0 Å². The quantitative estimate of drug-likeness (QED) is 0.151. The van der Waals surface area contributed by atoms with Gasteiger partial charge in [0.05, 0.1) is 33.5 Å². The molecule has 0 radical (unpaired) electrons. The molecule has 0 unspecified atom stereocenters. The minimum Gasteiger partial charge on any atom is -0.310 e. The van der Waals surface area contributed by atoms with E-state index in [9.17, 15) is 0 Å². The standard InChI is InChI=1S/C77H56N4/c1-51-24-22-33-56(48-51)80-72-50-58(78(52-25-8-4-9-26-52)57-42-44-62-59-34-16-19-38-65(59)76(2,3)70(62)49-57)43-46-68(72)77(66-39-20-17-35-60(66)61-36-18-21-40-67(61)77)69-47-45-64-63-37-23-41-71(73(63)81(74(64)75(69)80)55-31-14-7-15-32-55)79(53-27-10-5-11-28-53)54-29-12-6-13-30-54/h4-50H,1-3H3. The number of anilines is 9. The molecule has 2 aliphatic carbocycles. The number of nitrogens with zero attached hydrogens (tertiary/aromatic N) is 4. The Kier molecular flexibility index (Phi) is 10.4. The van der Waals surface area contributed by atoms with Crippen molar-refractivity contribution in [2.24, 2.45) is 0 Å². The Morgan fingerprint density at radius 2 is 0.815 bits per heavy atom. The number of fused-ring (bicyclic) bond motifs is 16. The average Bonchev–Trinajstić information content (AvgIpc) is 3.57. The Balaban J connectivity index is 1.05. The minimum absolute atomic E-state index is 0.177. The van der Waals surface area contributed by atoms with Crippen LogP contribution < -0.4 is 14.7 Å². The molecule has 0 atom stereocenters. The molecule has 81 heavy (non-hydrogen) atoms. The molecule has 0 fully saturated rings. The van der Waals surface area contributed by atoms with E-state index >= 15 is 0 Å². The van der Waals surface area contributed by atoms with Gasteiger partial charge in [-0.1, -0.05) is 208 Å². The number of hydrogen-bond donors (Lipinski definition) is 0. The molecule has 1 spiro atoms. The fourth-order valence-electron chi connectivity index (χ4n) is 14.4. The number of aryl methyl sites for hydroxylation is 1. The lowest BCUT2D eigenvalue weighted by molar-refractivity contribution is 0.660. The summed E-state index contributed by atoms with van der Waals surface area (Å²) in [6.45, 7) is 6.97. The summed E-state index contributed by atoms with van der Waals surface area (Å²) in [6, 6.07) is 106. The molecule has 12 aromatic carbocycles. The summed E-state index contributed by atoms with van der Waals surface area (Å²) >= 11 is 0. The van der Waals surface area contributed by atoms with Crippen molar-refractivity contribution in [2.45, 2.75) is 31.6 Å². The van der Waals surface area contributed by atoms with Crippen LogP contribution in [0.2, 0.25) is 0 Å². The van der Waals surface area contributed by atoms with Crippen LogP contribution in [0.25, 0.3) is 49.7 Å². The van der Waals surface area contributed by atoms with Crippen LogP contribution >= 0.6 is 0 Å². The van der Waals surface area contributed by atoms with Crippen molar-refractivity contribution < 1.29 is 0 Å². The molecule has 3 aliphatic rings. The first-order valence-electron chi connectivity index (χ1n) is 28.3. The van der Waals surface area contributed by atoms with Gasteiger partial charge in [0.2, 0.25) is 0 Å². The van der Waals surface area contributed by atoms with E-state index < -0.39 is 5.41 Å². The molecule has 0 saturated carbocycles. The Morgan fingerprint density at radius 1 is 0.321 bits per heavy atom. The second-order valence-electron chi connectivity index (χ2n) is 22.5. The van der Waals surface area contributed by atoms with E-state index in [2.05, 4.69) is 325 Å². The maximum Gasteiger partial charge on any atom is 0.0786 e. The zero-order valence-electron chi connectivity index (χ0n) is 45.4. The van der Waals surface area contributed by atoms with Crippen LogP contribution in [0.15, 0.2) is 285 Å². The van der Waals surface area contributed by atoms with Crippen LogP contribution in [0.5, 0.6) is 0 Å². The largest absolute Gasteiger partial charge is 0.310 e. The normalized spacial score (nSPS) is 13.8. The zero-order chi connectivity index (χ0) is 54.0. The highest BCUT2D eigenvalue weighted by Gasteiger charge is 2.53. The first-order valence-corrected chi connectivity index (χ1v) is 28.3. The topological polar surface area (TPSA) is 14.7 Å². The Morgan fingerprint density at radius 3 is 1.46 bits per heavy atom. The summed E-state index contributed by atoms with van der Waals surface area (Å²) in [5, 5.41) is 2.35. The van der Waals surface area contributed by atoms with Crippen molar-refractivity contribution in [2.75, 3.05) is 14.7 Å². The van der Waals surface area contributed by atoms with Crippen LogP contribution in [-0.2, 0) is 10.8 Å². The van der Waals surface area contributed by atoms with E-state index in [0.717, 1.165) is 67.9 Å². The average molecular weight is 1040 g/mol. The minimum atomic E-state index is -0.716. The van der Waals surface area contributed by atoms with Crippen molar-refractivity contribution in [1.29, 1.82) is 0 Å². The zero-order valence-corrected chi connectivity index (χ0v) is 45.4. The molecular formula is C77H56N4. The first-order chi connectivity index (χ1) is 39.9. The van der Waals surface area contributed by atoms with Gasteiger partial charge in [-0.3, -0.25) is 0 Å². The third-order valence-electron chi connectivity index (χ3n) is 17.8. The first kappa shape index (κ1) is 46.9. The summed E-state index contributed by atoms with van der Waals surface area (Å²) < 4.78 is 2.58. The molecule has 0 bridgehead atoms. The third kappa shape index (κ3) is 6.77. The summed E-state index contributed by atoms with van der Waals surface area (Å²) in [5.74, 6) is 0. The summed E-state index contributed by atoms with van der Waals surface area (Å²) in [6.07, 6.45) is 0. The molecule has 0 amide bonds. The van der Waals surface area contributed by atoms with Gasteiger partial charge in [0.25, 0.3) is 0 Å². The van der Waals surface area contributed by atoms with Gasteiger partial charge in [0, 0.05) is 56.0 Å². The molecule has 1 aromatic heterocycles. The fraction of sp³-hybridized carbons (Fsp3) is 0.0649.